The lowest BCUT2D eigenvalue weighted by molar-refractivity contribution is 0.0698. The van der Waals surface area contributed by atoms with Gasteiger partial charge in [-0.05, 0) is 32.4 Å². The second-order valence-corrected chi connectivity index (χ2v) is 5.13. The molecule has 96 valence electrons. The Morgan fingerprint density at radius 3 is 2.62 bits per heavy atom. The topological polar surface area (TPSA) is 24.5 Å². The van der Waals surface area contributed by atoms with Crippen molar-refractivity contribution < 1.29 is 4.74 Å². The average Bonchev–Trinajstić information content (AvgIpc) is 2.76. The first kappa shape index (κ1) is 13.9. The Morgan fingerprint density at radius 2 is 2.19 bits per heavy atom. The fourth-order valence-electron chi connectivity index (χ4n) is 2.32. The minimum Gasteiger partial charge on any atom is -0.377 e. The van der Waals surface area contributed by atoms with E-state index >= 15 is 0 Å². The summed E-state index contributed by atoms with van der Waals surface area (Å²) in [5, 5.41) is 3.41. The van der Waals surface area contributed by atoms with E-state index in [4.69, 9.17) is 4.74 Å². The van der Waals surface area contributed by atoms with Crippen molar-refractivity contribution in [1.29, 1.82) is 0 Å². The first-order valence-electron chi connectivity index (χ1n) is 6.68. The van der Waals surface area contributed by atoms with Gasteiger partial charge in [-0.2, -0.15) is 0 Å². The number of hydrogen-bond donors (Lipinski definition) is 1. The lowest BCUT2D eigenvalue weighted by Gasteiger charge is -2.30. The van der Waals surface area contributed by atoms with Gasteiger partial charge in [0.15, 0.2) is 0 Å². The molecule has 2 atom stereocenters. The zero-order valence-electron chi connectivity index (χ0n) is 11.3. The molecule has 0 aliphatic carbocycles. The van der Waals surface area contributed by atoms with Crippen LogP contribution in [0.5, 0.6) is 0 Å². The van der Waals surface area contributed by atoms with E-state index in [-0.39, 0.29) is 0 Å². The summed E-state index contributed by atoms with van der Waals surface area (Å²) in [6.07, 6.45) is 2.95. The number of likely N-dealkylation sites (N-methyl/N-ethyl adjacent to an activating group) is 2. The molecular weight excluding hydrogens is 200 g/mol. The molecule has 1 rings (SSSR count). The Morgan fingerprint density at radius 1 is 1.44 bits per heavy atom. The van der Waals surface area contributed by atoms with Crippen LogP contribution in [0.4, 0.5) is 0 Å². The van der Waals surface area contributed by atoms with Gasteiger partial charge < -0.3 is 10.1 Å². The molecule has 1 fully saturated rings. The molecular formula is C13H28N2O. The molecule has 3 nitrogen and oxygen atoms in total. The highest BCUT2D eigenvalue weighted by Gasteiger charge is 2.21. The van der Waals surface area contributed by atoms with Crippen LogP contribution in [0.25, 0.3) is 0 Å². The maximum Gasteiger partial charge on any atom is 0.0702 e. The van der Waals surface area contributed by atoms with E-state index in [1.165, 1.54) is 12.8 Å². The second-order valence-electron chi connectivity index (χ2n) is 5.13. The summed E-state index contributed by atoms with van der Waals surface area (Å²) in [4.78, 5) is 2.51. The molecule has 1 aliphatic heterocycles. The van der Waals surface area contributed by atoms with Crippen molar-refractivity contribution in [3.05, 3.63) is 0 Å². The Bertz CT molecular complexity index is 179. The molecule has 0 amide bonds. The number of ether oxygens (including phenoxy) is 1. The largest absolute Gasteiger partial charge is 0.377 e. The summed E-state index contributed by atoms with van der Waals surface area (Å²) >= 11 is 0. The number of rotatable bonds is 7. The van der Waals surface area contributed by atoms with E-state index in [0.29, 0.717) is 18.1 Å². The smallest absolute Gasteiger partial charge is 0.0702 e. The van der Waals surface area contributed by atoms with Gasteiger partial charge in [-0.15, -0.1) is 0 Å². The van der Waals surface area contributed by atoms with Crippen LogP contribution in [-0.2, 0) is 4.74 Å². The summed E-state index contributed by atoms with van der Waals surface area (Å²) in [5.74, 6) is 0.684. The number of nitrogens with one attached hydrogen (secondary N) is 1. The molecule has 1 saturated heterocycles. The van der Waals surface area contributed by atoms with Gasteiger partial charge in [0.05, 0.1) is 6.10 Å². The molecule has 0 spiro atoms. The molecule has 0 aromatic carbocycles. The first-order valence-corrected chi connectivity index (χ1v) is 6.68. The first-order chi connectivity index (χ1) is 7.67. The predicted molar refractivity (Wildman–Crippen MR) is 68.8 cm³/mol. The standard InChI is InChI=1S/C13H28N2O/c1-5-15(9-12-7-6-8-16-12)10-13(14-4)11(2)3/h11-14H,5-10H2,1-4H3. The minimum atomic E-state index is 0.476. The van der Waals surface area contributed by atoms with Crippen molar-refractivity contribution in [3.63, 3.8) is 0 Å². The molecule has 0 radical (unpaired) electrons. The fraction of sp³-hybridized carbons (Fsp3) is 1.00. The molecule has 3 heteroatoms. The summed E-state index contributed by atoms with van der Waals surface area (Å²) in [6.45, 7) is 11.1. The summed E-state index contributed by atoms with van der Waals surface area (Å²) in [7, 11) is 2.06. The van der Waals surface area contributed by atoms with Crippen LogP contribution in [-0.4, -0.2) is 50.3 Å². The average molecular weight is 228 g/mol. The number of nitrogens with zero attached hydrogens (tertiary/aromatic N) is 1. The highest BCUT2D eigenvalue weighted by atomic mass is 16.5. The Hall–Kier alpha value is -0.120. The van der Waals surface area contributed by atoms with Crippen LogP contribution in [0.3, 0.4) is 0 Å². The van der Waals surface area contributed by atoms with Gasteiger partial charge in [0.2, 0.25) is 0 Å². The highest BCUT2D eigenvalue weighted by molar-refractivity contribution is 4.76. The molecule has 2 unspecified atom stereocenters. The predicted octanol–water partition coefficient (Wildman–Crippen LogP) is 1.73. The van der Waals surface area contributed by atoms with Crippen molar-refractivity contribution in [2.75, 3.05) is 33.3 Å². The van der Waals surface area contributed by atoms with Gasteiger partial charge in [-0.1, -0.05) is 20.8 Å². The highest BCUT2D eigenvalue weighted by Crippen LogP contribution is 2.14. The molecule has 0 aromatic heterocycles. The molecule has 0 bridgehead atoms. The summed E-state index contributed by atoms with van der Waals surface area (Å²) in [6, 6.07) is 0.585. The van der Waals surface area contributed by atoms with E-state index < -0.39 is 0 Å². The molecule has 0 aromatic rings. The van der Waals surface area contributed by atoms with Gasteiger partial charge in [-0.25, -0.2) is 0 Å². The van der Waals surface area contributed by atoms with Gasteiger partial charge in [0.25, 0.3) is 0 Å². The van der Waals surface area contributed by atoms with Gasteiger partial charge >= 0.3 is 0 Å². The minimum absolute atomic E-state index is 0.476. The fourth-order valence-corrected chi connectivity index (χ4v) is 2.32. The van der Waals surface area contributed by atoms with Crippen molar-refractivity contribution in [2.24, 2.45) is 5.92 Å². The van der Waals surface area contributed by atoms with Crippen molar-refractivity contribution in [1.82, 2.24) is 10.2 Å². The van der Waals surface area contributed by atoms with E-state index in [1.54, 1.807) is 0 Å². The van der Waals surface area contributed by atoms with E-state index in [0.717, 1.165) is 26.2 Å². The van der Waals surface area contributed by atoms with Crippen LogP contribution in [0.2, 0.25) is 0 Å². The van der Waals surface area contributed by atoms with Gasteiger partial charge in [-0.3, -0.25) is 4.90 Å². The Kier molecular flexibility index (Phi) is 6.32. The quantitative estimate of drug-likeness (QED) is 0.718. The van der Waals surface area contributed by atoms with Crippen molar-refractivity contribution in [3.8, 4) is 0 Å². The van der Waals surface area contributed by atoms with Crippen LogP contribution in [0.1, 0.15) is 33.6 Å². The Balaban J connectivity index is 2.34. The zero-order chi connectivity index (χ0) is 12.0. The maximum atomic E-state index is 5.70. The van der Waals surface area contributed by atoms with E-state index in [2.05, 4.69) is 38.0 Å². The molecule has 1 heterocycles. The van der Waals surface area contributed by atoms with Crippen LogP contribution >= 0.6 is 0 Å². The van der Waals surface area contributed by atoms with Gasteiger partial charge in [0.1, 0.15) is 0 Å². The maximum absolute atomic E-state index is 5.70. The summed E-state index contributed by atoms with van der Waals surface area (Å²) < 4.78 is 5.70. The lowest BCUT2D eigenvalue weighted by Crippen LogP contribution is -2.44. The third kappa shape index (κ3) is 4.40. The Labute approximate surface area is 101 Å². The SMILES string of the molecule is CCN(CC1CCCO1)CC(NC)C(C)C. The molecule has 0 saturated carbocycles. The van der Waals surface area contributed by atoms with Crippen LogP contribution < -0.4 is 5.32 Å². The van der Waals surface area contributed by atoms with Crippen LogP contribution in [0.15, 0.2) is 0 Å². The molecule has 1 N–H and O–H groups in total. The van der Waals surface area contributed by atoms with Crippen molar-refractivity contribution in [2.45, 2.75) is 45.8 Å². The normalized spacial score (nSPS) is 23.2. The monoisotopic (exact) mass is 228 g/mol. The summed E-state index contributed by atoms with van der Waals surface area (Å²) in [5.41, 5.74) is 0. The molecule has 1 aliphatic rings. The third-order valence-corrected chi connectivity index (χ3v) is 3.56. The number of hydrogen-bond acceptors (Lipinski definition) is 3. The lowest BCUT2D eigenvalue weighted by atomic mass is 10.0. The van der Waals surface area contributed by atoms with E-state index in [9.17, 15) is 0 Å². The zero-order valence-corrected chi connectivity index (χ0v) is 11.3. The van der Waals surface area contributed by atoms with Gasteiger partial charge in [0, 0.05) is 25.7 Å². The third-order valence-electron chi connectivity index (χ3n) is 3.56. The van der Waals surface area contributed by atoms with Crippen molar-refractivity contribution >= 4 is 0 Å². The van der Waals surface area contributed by atoms with E-state index in [1.807, 2.05) is 0 Å². The second kappa shape index (κ2) is 7.25. The van der Waals surface area contributed by atoms with Crippen LogP contribution in [0, 0.1) is 5.92 Å². The molecule has 16 heavy (non-hydrogen) atoms.